The molecule has 5 heteroatoms. The zero-order valence-corrected chi connectivity index (χ0v) is 12.9. The van der Waals surface area contributed by atoms with Gasteiger partial charge in [-0.05, 0) is 45.9 Å². The van der Waals surface area contributed by atoms with Crippen molar-refractivity contribution in [2.24, 2.45) is 0 Å². The Labute approximate surface area is 124 Å². The van der Waals surface area contributed by atoms with Crippen molar-refractivity contribution in [3.8, 4) is 0 Å². The second-order valence-electron chi connectivity index (χ2n) is 6.28. The van der Waals surface area contributed by atoms with Gasteiger partial charge >= 0.3 is 0 Å². The third kappa shape index (κ3) is 4.36. The van der Waals surface area contributed by atoms with E-state index in [1.54, 1.807) is 4.68 Å². The zero-order valence-electron chi connectivity index (χ0n) is 12.9. The van der Waals surface area contributed by atoms with Crippen LogP contribution in [0.15, 0.2) is 24.4 Å². The first-order chi connectivity index (χ1) is 9.74. The van der Waals surface area contributed by atoms with Crippen LogP contribution in [0.1, 0.15) is 37.6 Å². The van der Waals surface area contributed by atoms with Gasteiger partial charge in [0, 0.05) is 29.4 Å². The number of hydrogen-bond acceptors (Lipinski definition) is 2. The van der Waals surface area contributed by atoms with Crippen LogP contribution < -0.4 is 5.32 Å². The van der Waals surface area contributed by atoms with Crippen LogP contribution in [0.5, 0.6) is 0 Å². The lowest BCUT2D eigenvalue weighted by Gasteiger charge is -2.20. The van der Waals surface area contributed by atoms with Gasteiger partial charge in [-0.2, -0.15) is 5.10 Å². The molecule has 0 amide bonds. The third-order valence-corrected chi connectivity index (χ3v) is 3.20. The summed E-state index contributed by atoms with van der Waals surface area (Å²) in [5.41, 5.74) is 2.27. The number of rotatable bonds is 4. The first-order valence-corrected chi connectivity index (χ1v) is 6.96. The van der Waals surface area contributed by atoms with Gasteiger partial charge < -0.3 is 5.32 Å². The average Bonchev–Trinajstić information content (AvgIpc) is 2.71. The molecule has 0 fully saturated rings. The fourth-order valence-corrected chi connectivity index (χ4v) is 2.01. The molecule has 114 valence electrons. The maximum Gasteiger partial charge on any atom is 0.128 e. The van der Waals surface area contributed by atoms with Crippen LogP contribution in [0.3, 0.4) is 0 Å². The topological polar surface area (TPSA) is 29.9 Å². The molecular weight excluding hydrogens is 272 g/mol. The van der Waals surface area contributed by atoms with Gasteiger partial charge in [-0.25, -0.2) is 8.78 Å². The molecular formula is C16H21F2N3. The van der Waals surface area contributed by atoms with Gasteiger partial charge in [-0.3, -0.25) is 4.68 Å². The van der Waals surface area contributed by atoms with E-state index in [-0.39, 0.29) is 12.1 Å². The van der Waals surface area contributed by atoms with Crippen molar-refractivity contribution in [2.75, 3.05) is 0 Å². The monoisotopic (exact) mass is 293 g/mol. The van der Waals surface area contributed by atoms with Crippen molar-refractivity contribution < 1.29 is 8.78 Å². The van der Waals surface area contributed by atoms with Gasteiger partial charge in [0.05, 0.1) is 12.2 Å². The van der Waals surface area contributed by atoms with Gasteiger partial charge in [-0.15, -0.1) is 0 Å². The SMILES string of the molecule is Cc1nn(Cc2cc(F)ccc2F)cc1CNC(C)(C)C. The van der Waals surface area contributed by atoms with Gasteiger partial charge in [0.25, 0.3) is 0 Å². The largest absolute Gasteiger partial charge is 0.308 e. The minimum Gasteiger partial charge on any atom is -0.308 e. The Bertz CT molecular complexity index is 627. The maximum absolute atomic E-state index is 13.6. The summed E-state index contributed by atoms with van der Waals surface area (Å²) in [6.45, 7) is 9.11. The highest BCUT2D eigenvalue weighted by Gasteiger charge is 2.12. The number of nitrogens with one attached hydrogen (secondary N) is 1. The Hall–Kier alpha value is -1.75. The summed E-state index contributed by atoms with van der Waals surface area (Å²) in [4.78, 5) is 0. The summed E-state index contributed by atoms with van der Waals surface area (Å²) in [6, 6.07) is 3.47. The minimum absolute atomic E-state index is 0.0171. The molecule has 0 bridgehead atoms. The van der Waals surface area contributed by atoms with Crippen LogP contribution in [0.25, 0.3) is 0 Å². The van der Waals surface area contributed by atoms with E-state index in [1.165, 1.54) is 6.07 Å². The zero-order chi connectivity index (χ0) is 15.6. The van der Waals surface area contributed by atoms with Crippen molar-refractivity contribution >= 4 is 0 Å². The summed E-state index contributed by atoms with van der Waals surface area (Å²) < 4.78 is 28.5. The Morgan fingerprint density at radius 2 is 1.90 bits per heavy atom. The molecule has 1 aromatic carbocycles. The summed E-state index contributed by atoms with van der Waals surface area (Å²) >= 11 is 0. The van der Waals surface area contributed by atoms with Gasteiger partial charge in [0.15, 0.2) is 0 Å². The van der Waals surface area contributed by atoms with E-state index >= 15 is 0 Å². The van der Waals surface area contributed by atoms with Crippen molar-refractivity contribution in [2.45, 2.75) is 46.3 Å². The molecule has 3 nitrogen and oxygen atoms in total. The third-order valence-electron chi connectivity index (χ3n) is 3.20. The number of nitrogens with zero attached hydrogens (tertiary/aromatic N) is 2. The van der Waals surface area contributed by atoms with Crippen LogP contribution in [0, 0.1) is 18.6 Å². The molecule has 21 heavy (non-hydrogen) atoms. The van der Waals surface area contributed by atoms with E-state index in [2.05, 4.69) is 31.2 Å². The van der Waals surface area contributed by atoms with E-state index in [4.69, 9.17) is 0 Å². The number of benzene rings is 1. The molecule has 0 saturated carbocycles. The lowest BCUT2D eigenvalue weighted by atomic mass is 10.1. The fraction of sp³-hybridized carbons (Fsp3) is 0.438. The van der Waals surface area contributed by atoms with E-state index in [0.29, 0.717) is 12.1 Å². The van der Waals surface area contributed by atoms with E-state index in [0.717, 1.165) is 23.4 Å². The highest BCUT2D eigenvalue weighted by molar-refractivity contribution is 5.21. The number of halogens is 2. The van der Waals surface area contributed by atoms with Crippen LogP contribution in [0.2, 0.25) is 0 Å². The van der Waals surface area contributed by atoms with Crippen LogP contribution >= 0.6 is 0 Å². The smallest absolute Gasteiger partial charge is 0.128 e. The second-order valence-corrected chi connectivity index (χ2v) is 6.28. The molecule has 1 heterocycles. The first kappa shape index (κ1) is 15.6. The van der Waals surface area contributed by atoms with E-state index in [1.807, 2.05) is 13.1 Å². The lowest BCUT2D eigenvalue weighted by Crippen LogP contribution is -2.35. The fourth-order valence-electron chi connectivity index (χ4n) is 2.01. The van der Waals surface area contributed by atoms with Crippen LogP contribution in [0.4, 0.5) is 8.78 Å². The molecule has 2 rings (SSSR count). The Morgan fingerprint density at radius 1 is 1.19 bits per heavy atom. The predicted molar refractivity (Wildman–Crippen MR) is 79.0 cm³/mol. The molecule has 0 saturated heterocycles. The summed E-state index contributed by atoms with van der Waals surface area (Å²) in [5.74, 6) is -0.858. The highest BCUT2D eigenvalue weighted by Crippen LogP contribution is 2.13. The lowest BCUT2D eigenvalue weighted by molar-refractivity contribution is 0.423. The normalized spacial score (nSPS) is 11.9. The standard InChI is InChI=1S/C16H21F2N3/c1-11-13(8-19-16(2,3)4)10-21(20-11)9-12-7-14(17)5-6-15(12)18/h5-7,10,19H,8-9H2,1-4H3. The van der Waals surface area contributed by atoms with E-state index < -0.39 is 11.6 Å². The quantitative estimate of drug-likeness (QED) is 0.936. The first-order valence-electron chi connectivity index (χ1n) is 6.96. The Balaban J connectivity index is 2.13. The highest BCUT2D eigenvalue weighted by atomic mass is 19.1. The second kappa shape index (κ2) is 5.93. The molecule has 0 aliphatic carbocycles. The Kier molecular flexibility index (Phi) is 4.42. The summed E-state index contributed by atoms with van der Waals surface area (Å²) in [7, 11) is 0. The van der Waals surface area contributed by atoms with Crippen molar-refractivity contribution in [3.05, 3.63) is 52.9 Å². The minimum atomic E-state index is -0.440. The van der Waals surface area contributed by atoms with Crippen molar-refractivity contribution in [1.29, 1.82) is 0 Å². The van der Waals surface area contributed by atoms with Gasteiger partial charge in [0.1, 0.15) is 11.6 Å². The Morgan fingerprint density at radius 3 is 2.57 bits per heavy atom. The van der Waals surface area contributed by atoms with Gasteiger partial charge in [-0.1, -0.05) is 0 Å². The molecule has 1 aromatic heterocycles. The summed E-state index contributed by atoms with van der Waals surface area (Å²) in [6.07, 6.45) is 1.87. The molecule has 0 unspecified atom stereocenters. The molecule has 0 radical (unpaired) electrons. The predicted octanol–water partition coefficient (Wildman–Crippen LogP) is 3.41. The summed E-state index contributed by atoms with van der Waals surface area (Å²) in [5, 5.41) is 7.75. The number of aryl methyl sites for hydroxylation is 1. The molecule has 1 N–H and O–H groups in total. The van der Waals surface area contributed by atoms with Crippen molar-refractivity contribution in [3.63, 3.8) is 0 Å². The maximum atomic E-state index is 13.6. The number of aromatic nitrogens is 2. The molecule has 0 spiro atoms. The van der Waals surface area contributed by atoms with Crippen LogP contribution in [-0.4, -0.2) is 15.3 Å². The average molecular weight is 293 g/mol. The number of hydrogen-bond donors (Lipinski definition) is 1. The van der Waals surface area contributed by atoms with Gasteiger partial charge in [0.2, 0.25) is 0 Å². The van der Waals surface area contributed by atoms with Crippen molar-refractivity contribution in [1.82, 2.24) is 15.1 Å². The molecule has 2 aromatic rings. The van der Waals surface area contributed by atoms with E-state index in [9.17, 15) is 8.78 Å². The molecule has 0 aliphatic rings. The molecule has 0 atom stereocenters. The van der Waals surface area contributed by atoms with Crippen LogP contribution in [-0.2, 0) is 13.1 Å². The molecule has 0 aliphatic heterocycles.